The average Bonchev–Trinajstić information content (AvgIpc) is 0.870. The molecular formula is C85H139N21O22. The van der Waals surface area contributed by atoms with Crippen molar-refractivity contribution in [3.63, 3.8) is 0 Å². The molecule has 1 aromatic carbocycles. The van der Waals surface area contributed by atoms with Crippen LogP contribution in [0.3, 0.4) is 0 Å². The summed E-state index contributed by atoms with van der Waals surface area (Å²) in [5.41, 5.74) is -1.71. The number of primary amides is 2. The van der Waals surface area contributed by atoms with Gasteiger partial charge >= 0.3 is 0 Å². The van der Waals surface area contributed by atoms with E-state index in [1.807, 2.05) is 24.3 Å². The minimum Gasteiger partial charge on any atom is -0.394 e. The lowest BCUT2D eigenvalue weighted by molar-refractivity contribution is -0.145. The van der Waals surface area contributed by atoms with Gasteiger partial charge < -0.3 is 122 Å². The Morgan fingerprint density at radius 3 is 1.31 bits per heavy atom. The predicted octanol–water partition coefficient (Wildman–Crippen LogP) is -3.84. The molecule has 2 aromatic rings. The highest BCUT2D eigenvalue weighted by Gasteiger charge is 2.47. The fourth-order valence-corrected chi connectivity index (χ4v) is 13.3. The number of amides is 20. The molecule has 0 unspecified atom stereocenters. The molecule has 20 amide bonds. The summed E-state index contributed by atoms with van der Waals surface area (Å²) >= 11 is 0. The standard InChI is InChI=1S/C85H139N21O22/c1-43(2)36-54(66(117)102-85(23,24)77(128)106-35-27-30-57(106)68(119)93-55(37-44(3)4)67(118)101-84(21,22)76(127)105-81(15,16)72(123)94-52(31-33-58(86)110)63(114)91-49(41-107)38-48-39-88-51-29-26-25-28-50(48)51)92-60(112)40-89-70(121)78(9,10)103-69(120)61(45(5)6)97-74(125)80(13,14)100-65(116)53(32-34-59(87)111)95-73(124)82(17,18)104-75(126)83(19,20)99-62(113)46(7)90-64(115)56(42-108)96-71(122)79(11,12)98-47(8)109/h25-26,28-29,39,43-46,49,52-57,61,88,107-108H,27,30-38,40-42H2,1-24H3,(H2,86,110)(H2,87,111)(H,89,121)(H,90,115)(H,91,114)(H,92,112)(H,93,119)(H,94,123)(H,95,124)(H,96,122)(H,97,125)(H,98,109)(H,99,113)(H,100,116)(H,101,118)(H,102,117)(H,103,120)(H,104,126)(H,105,127)/t46-,49-,52-,53-,54-,55-,56-,57-,61-/m0/s1. The number of hydrogen-bond donors (Lipinski definition) is 22. The summed E-state index contributed by atoms with van der Waals surface area (Å²) in [7, 11) is 0. The van der Waals surface area contributed by atoms with Crippen LogP contribution in [0.2, 0.25) is 0 Å². The summed E-state index contributed by atoms with van der Waals surface area (Å²) in [4.78, 5) is 276. The Morgan fingerprint density at radius 2 is 0.844 bits per heavy atom. The van der Waals surface area contributed by atoms with E-state index in [1.54, 1.807) is 47.7 Å². The van der Waals surface area contributed by atoms with Gasteiger partial charge in [0.15, 0.2) is 0 Å². The van der Waals surface area contributed by atoms with Crippen LogP contribution < -0.4 is 102 Å². The summed E-state index contributed by atoms with van der Waals surface area (Å²) < 4.78 is 0. The first-order valence-corrected chi connectivity index (χ1v) is 42.6. The van der Waals surface area contributed by atoms with Gasteiger partial charge in [-0.2, -0.15) is 0 Å². The maximum Gasteiger partial charge on any atom is 0.248 e. The number of aromatic nitrogens is 1. The second-order valence-corrected chi connectivity index (χ2v) is 38.0. The van der Waals surface area contributed by atoms with Crippen LogP contribution in [0.5, 0.6) is 0 Å². The topological polar surface area (TPSA) is 657 Å². The zero-order valence-electron chi connectivity index (χ0n) is 78.2. The second-order valence-electron chi connectivity index (χ2n) is 38.0. The zero-order valence-corrected chi connectivity index (χ0v) is 78.2. The SMILES string of the molecule is CC(=O)NC(C)(C)C(=O)N[C@@H](CO)C(=O)N[C@@H](C)C(=O)NC(C)(C)C(=O)NC(C)(C)C(=O)N[C@@H](CCC(N)=O)C(=O)NC(C)(C)C(=O)N[C@H](C(=O)NC(C)(C)C(=O)NCC(=O)N[C@@H](CC(C)C)C(=O)NC(C)(C)C(=O)N1CCC[C@H]1C(=O)N[C@@H](CC(C)C)C(=O)NC(C)(C)C(=O)NC(C)(C)C(=O)N[C@@H](CCC(N)=O)C(=O)N[C@H](CO)Cc1c[nH]c2ccccc12)C(C)C. The fraction of sp³-hybridized carbons (Fsp3) is 0.671. The van der Waals surface area contributed by atoms with Crippen molar-refractivity contribution in [2.24, 2.45) is 29.2 Å². The Labute approximate surface area is 746 Å². The first-order valence-electron chi connectivity index (χ1n) is 42.6. The molecule has 0 spiro atoms. The van der Waals surface area contributed by atoms with E-state index in [2.05, 4.69) is 95.4 Å². The molecule has 3 rings (SSSR count). The van der Waals surface area contributed by atoms with E-state index in [9.17, 15) is 106 Å². The zero-order chi connectivity index (χ0) is 98.2. The molecular weight excluding hydrogens is 1670 g/mol. The third-order valence-corrected chi connectivity index (χ3v) is 21.1. The first kappa shape index (κ1) is 110. The van der Waals surface area contributed by atoms with Gasteiger partial charge in [-0.25, -0.2) is 0 Å². The third kappa shape index (κ3) is 33.4. The van der Waals surface area contributed by atoms with Crippen molar-refractivity contribution >= 4 is 129 Å². The monoisotopic (exact) mass is 1810 g/mol. The van der Waals surface area contributed by atoms with Crippen LogP contribution >= 0.6 is 0 Å². The van der Waals surface area contributed by atoms with Gasteiger partial charge in [-0.15, -0.1) is 0 Å². The van der Waals surface area contributed by atoms with Gasteiger partial charge in [0.05, 0.1) is 25.8 Å². The lowest BCUT2D eigenvalue weighted by atomic mass is 9.96. The maximum absolute atomic E-state index is 14.6. The molecule has 0 radical (unpaired) electrons. The predicted molar refractivity (Wildman–Crippen MR) is 469 cm³/mol. The molecule has 24 N–H and O–H groups in total. The van der Waals surface area contributed by atoms with Crippen molar-refractivity contribution in [1.29, 1.82) is 0 Å². The highest BCUT2D eigenvalue weighted by Crippen LogP contribution is 2.25. The number of carbonyl (C=O) groups is 20. The van der Waals surface area contributed by atoms with Crippen LogP contribution in [0.1, 0.15) is 223 Å². The Hall–Kier alpha value is -11.9. The number of nitrogens with zero attached hydrogens (tertiary/aromatic N) is 1. The number of aliphatic hydroxyl groups is 2. The first-order chi connectivity index (χ1) is 58.7. The number of fused-ring (bicyclic) bond motifs is 1. The Kier molecular flexibility index (Phi) is 39.8. The van der Waals surface area contributed by atoms with E-state index in [-0.39, 0.29) is 56.9 Å². The largest absolute Gasteiger partial charge is 0.394 e. The number of benzene rings is 1. The van der Waals surface area contributed by atoms with E-state index < -0.39 is 255 Å². The van der Waals surface area contributed by atoms with Crippen molar-refractivity contribution in [2.75, 3.05) is 26.3 Å². The number of likely N-dealkylation sites (tertiary alicyclic amines) is 1. The van der Waals surface area contributed by atoms with Gasteiger partial charge in [-0.1, -0.05) is 59.7 Å². The van der Waals surface area contributed by atoms with Crippen LogP contribution in [0.4, 0.5) is 0 Å². The van der Waals surface area contributed by atoms with Crippen LogP contribution in [-0.2, 0) is 102 Å². The normalized spacial score (nSPS) is 15.3. The van der Waals surface area contributed by atoms with Gasteiger partial charge in [0.25, 0.3) is 0 Å². The summed E-state index contributed by atoms with van der Waals surface area (Å²) in [6.07, 6.45) is 1.07. The smallest absolute Gasteiger partial charge is 0.248 e. The number of aliphatic hydroxyl groups excluding tert-OH is 2. The molecule has 716 valence electrons. The van der Waals surface area contributed by atoms with Gasteiger partial charge in [0.2, 0.25) is 118 Å². The number of aromatic amines is 1. The molecule has 0 aliphatic carbocycles. The van der Waals surface area contributed by atoms with Crippen LogP contribution in [0.25, 0.3) is 10.9 Å². The molecule has 1 aliphatic rings. The molecule has 128 heavy (non-hydrogen) atoms. The lowest BCUT2D eigenvalue weighted by Gasteiger charge is -2.35. The van der Waals surface area contributed by atoms with Gasteiger partial charge in [0, 0.05) is 43.4 Å². The molecule has 0 bridgehead atoms. The van der Waals surface area contributed by atoms with E-state index in [0.29, 0.717) is 6.42 Å². The van der Waals surface area contributed by atoms with Crippen LogP contribution in [0.15, 0.2) is 30.5 Å². The Balaban J connectivity index is 1.66. The maximum atomic E-state index is 14.6. The minimum atomic E-state index is -1.91. The molecule has 2 heterocycles. The number of H-pyrrole nitrogens is 1. The molecule has 1 saturated heterocycles. The fourth-order valence-electron chi connectivity index (χ4n) is 13.3. The van der Waals surface area contributed by atoms with Gasteiger partial charge in [-0.3, -0.25) is 95.9 Å². The second kappa shape index (κ2) is 46.2. The number of hydrogen-bond acceptors (Lipinski definition) is 22. The van der Waals surface area contributed by atoms with Crippen molar-refractivity contribution < 1.29 is 106 Å². The molecule has 43 heteroatoms. The van der Waals surface area contributed by atoms with E-state index in [4.69, 9.17) is 11.5 Å². The Morgan fingerprint density at radius 1 is 0.438 bits per heavy atom. The quantitative estimate of drug-likeness (QED) is 0.0302. The van der Waals surface area contributed by atoms with Crippen molar-refractivity contribution in [3.8, 4) is 0 Å². The molecule has 0 saturated carbocycles. The summed E-state index contributed by atoms with van der Waals surface area (Å²) in [5.74, 6) is -18.2. The van der Waals surface area contributed by atoms with E-state index in [1.165, 1.54) is 130 Å². The summed E-state index contributed by atoms with van der Waals surface area (Å²) in [5, 5.41) is 64.2. The van der Waals surface area contributed by atoms with Crippen molar-refractivity contribution in [1.82, 2.24) is 100 Å². The summed E-state index contributed by atoms with van der Waals surface area (Å²) in [6, 6.07) is -4.44. The highest BCUT2D eigenvalue weighted by molar-refractivity contribution is 6.04. The molecule has 43 nitrogen and oxygen atoms in total. The van der Waals surface area contributed by atoms with Crippen LogP contribution in [0, 0.1) is 17.8 Å². The highest BCUT2D eigenvalue weighted by atomic mass is 16.3. The number of nitrogens with one attached hydrogen (secondary N) is 18. The van der Waals surface area contributed by atoms with Crippen molar-refractivity contribution in [3.05, 3.63) is 36.0 Å². The molecule has 1 aliphatic heterocycles. The third-order valence-electron chi connectivity index (χ3n) is 21.1. The number of para-hydroxylation sites is 1. The number of nitrogens with two attached hydrogens (primary N) is 2. The van der Waals surface area contributed by atoms with Crippen molar-refractivity contribution in [2.45, 2.75) is 323 Å². The number of carbonyl (C=O) groups excluding carboxylic acids is 20. The molecule has 1 fully saturated rings. The van der Waals surface area contributed by atoms with Crippen LogP contribution in [-0.4, -0.2) is 263 Å². The van der Waals surface area contributed by atoms with Gasteiger partial charge in [-0.05, 0) is 192 Å². The molecule has 9 atom stereocenters. The van der Waals surface area contributed by atoms with Gasteiger partial charge in [0.1, 0.15) is 92.6 Å². The minimum absolute atomic E-state index is 0.0250. The molecule has 1 aromatic heterocycles. The lowest BCUT2D eigenvalue weighted by Crippen LogP contribution is -2.66. The van der Waals surface area contributed by atoms with E-state index in [0.717, 1.165) is 16.5 Å². The van der Waals surface area contributed by atoms with E-state index >= 15 is 0 Å². The average molecular weight is 1810 g/mol. The number of rotatable bonds is 49. The Bertz CT molecular complexity index is 4430. The summed E-state index contributed by atoms with van der Waals surface area (Å²) in [6.45, 7) is 31.7.